The molecule has 0 aliphatic rings. The van der Waals surface area contributed by atoms with E-state index in [-0.39, 0.29) is 4.90 Å². The molecular weight excluding hydrogens is 322 g/mol. The zero-order valence-corrected chi connectivity index (χ0v) is 14.0. The van der Waals surface area contributed by atoms with Crippen LogP contribution in [-0.2, 0) is 16.4 Å². The first-order valence-electron chi connectivity index (χ1n) is 6.82. The van der Waals surface area contributed by atoms with Crippen LogP contribution in [0.5, 0.6) is 5.75 Å². The minimum atomic E-state index is -3.54. The largest absolute Gasteiger partial charge is 0.496 e. The highest BCUT2D eigenvalue weighted by Gasteiger charge is 2.14. The van der Waals surface area contributed by atoms with Crippen LogP contribution in [0.15, 0.2) is 47.4 Å². The van der Waals surface area contributed by atoms with E-state index in [0.717, 1.165) is 16.9 Å². The summed E-state index contributed by atoms with van der Waals surface area (Å²) in [6.45, 7) is 2.07. The van der Waals surface area contributed by atoms with Crippen molar-refractivity contribution in [3.8, 4) is 5.75 Å². The first kappa shape index (κ1) is 16.8. The molecule has 6 heteroatoms. The van der Waals surface area contributed by atoms with Gasteiger partial charge in [0, 0.05) is 11.6 Å². The molecule has 0 spiro atoms. The zero-order chi connectivity index (χ0) is 16.2. The van der Waals surface area contributed by atoms with E-state index in [0.29, 0.717) is 18.0 Å². The van der Waals surface area contributed by atoms with Gasteiger partial charge in [-0.1, -0.05) is 29.8 Å². The van der Waals surface area contributed by atoms with E-state index in [1.54, 1.807) is 26.2 Å². The van der Waals surface area contributed by atoms with Crippen LogP contribution in [0.2, 0.25) is 5.02 Å². The molecule has 0 saturated heterocycles. The van der Waals surface area contributed by atoms with Gasteiger partial charge in [-0.25, -0.2) is 13.1 Å². The predicted octanol–water partition coefficient (Wildman–Crippen LogP) is 3.18. The van der Waals surface area contributed by atoms with E-state index in [1.807, 2.05) is 24.3 Å². The third kappa shape index (κ3) is 4.00. The molecule has 2 rings (SSSR count). The maximum Gasteiger partial charge on any atom is 0.240 e. The number of benzene rings is 2. The van der Waals surface area contributed by atoms with Crippen LogP contribution in [0.4, 0.5) is 0 Å². The Kier molecular flexibility index (Phi) is 5.45. The Balaban J connectivity index is 2.05. The molecule has 0 aromatic heterocycles. The number of hydrogen-bond acceptors (Lipinski definition) is 3. The Morgan fingerprint density at radius 3 is 2.59 bits per heavy atom. The Labute approximate surface area is 136 Å². The minimum Gasteiger partial charge on any atom is -0.496 e. The third-order valence-corrected chi connectivity index (χ3v) is 5.20. The fraction of sp³-hybridized carbons (Fsp3) is 0.250. The van der Waals surface area contributed by atoms with Crippen molar-refractivity contribution in [2.24, 2.45) is 0 Å². The molecule has 2 aromatic carbocycles. The van der Waals surface area contributed by atoms with E-state index in [4.69, 9.17) is 16.3 Å². The summed E-state index contributed by atoms with van der Waals surface area (Å²) in [6.07, 6.45) is 0.551. The highest BCUT2D eigenvalue weighted by Crippen LogP contribution is 2.20. The molecule has 0 radical (unpaired) electrons. The average Bonchev–Trinajstić information content (AvgIpc) is 2.50. The predicted molar refractivity (Wildman–Crippen MR) is 88.1 cm³/mol. The first-order valence-corrected chi connectivity index (χ1v) is 8.68. The SMILES string of the molecule is COc1ccccc1CCNS(=O)(=O)c1ccc(Cl)c(C)c1. The number of hydrogen-bond donors (Lipinski definition) is 1. The summed E-state index contributed by atoms with van der Waals surface area (Å²) in [5.74, 6) is 0.754. The molecule has 0 amide bonds. The van der Waals surface area contributed by atoms with Crippen LogP contribution in [-0.4, -0.2) is 22.1 Å². The van der Waals surface area contributed by atoms with Crippen molar-refractivity contribution < 1.29 is 13.2 Å². The van der Waals surface area contributed by atoms with Crippen LogP contribution in [0, 0.1) is 6.92 Å². The number of ether oxygens (including phenoxy) is 1. The molecule has 0 unspecified atom stereocenters. The lowest BCUT2D eigenvalue weighted by atomic mass is 10.1. The quantitative estimate of drug-likeness (QED) is 0.879. The molecule has 0 aliphatic heterocycles. The van der Waals surface area contributed by atoms with E-state index in [1.165, 1.54) is 6.07 Å². The van der Waals surface area contributed by atoms with Crippen molar-refractivity contribution in [2.45, 2.75) is 18.2 Å². The van der Waals surface area contributed by atoms with Crippen molar-refractivity contribution in [1.82, 2.24) is 4.72 Å². The topological polar surface area (TPSA) is 55.4 Å². The Morgan fingerprint density at radius 1 is 1.18 bits per heavy atom. The summed E-state index contributed by atoms with van der Waals surface area (Å²) in [6, 6.07) is 12.2. The number of sulfonamides is 1. The van der Waals surface area contributed by atoms with Gasteiger partial charge in [0.25, 0.3) is 0 Å². The lowest BCUT2D eigenvalue weighted by molar-refractivity contribution is 0.409. The summed E-state index contributed by atoms with van der Waals surface area (Å²) in [5.41, 5.74) is 1.69. The lowest BCUT2D eigenvalue weighted by Gasteiger charge is -2.10. The normalized spacial score (nSPS) is 11.4. The number of methoxy groups -OCH3 is 1. The molecule has 0 bridgehead atoms. The van der Waals surface area contributed by atoms with E-state index >= 15 is 0 Å². The molecule has 0 saturated carbocycles. The molecule has 2 aromatic rings. The zero-order valence-electron chi connectivity index (χ0n) is 12.5. The molecule has 118 valence electrons. The van der Waals surface area contributed by atoms with Gasteiger partial charge in [-0.15, -0.1) is 0 Å². The number of halogens is 1. The van der Waals surface area contributed by atoms with Crippen molar-refractivity contribution in [1.29, 1.82) is 0 Å². The van der Waals surface area contributed by atoms with Crippen molar-refractivity contribution >= 4 is 21.6 Å². The second kappa shape index (κ2) is 7.13. The van der Waals surface area contributed by atoms with Crippen molar-refractivity contribution in [2.75, 3.05) is 13.7 Å². The third-order valence-electron chi connectivity index (χ3n) is 3.32. The Bertz CT molecular complexity index is 760. The van der Waals surface area contributed by atoms with Crippen molar-refractivity contribution in [3.05, 3.63) is 58.6 Å². The van der Waals surface area contributed by atoms with Crippen LogP contribution >= 0.6 is 11.6 Å². The van der Waals surface area contributed by atoms with Crippen LogP contribution in [0.3, 0.4) is 0 Å². The lowest BCUT2D eigenvalue weighted by Crippen LogP contribution is -2.26. The molecule has 1 N–H and O–H groups in total. The highest BCUT2D eigenvalue weighted by atomic mass is 35.5. The standard InChI is InChI=1S/C16H18ClNO3S/c1-12-11-14(7-8-15(12)17)22(19,20)18-10-9-13-5-3-4-6-16(13)21-2/h3-8,11,18H,9-10H2,1-2H3. The van der Waals surface area contributed by atoms with Gasteiger partial charge in [-0.05, 0) is 48.7 Å². The molecule has 0 atom stereocenters. The van der Waals surface area contributed by atoms with Gasteiger partial charge >= 0.3 is 0 Å². The summed E-state index contributed by atoms with van der Waals surface area (Å²) in [4.78, 5) is 0.217. The van der Waals surface area contributed by atoms with Gasteiger partial charge in [0.2, 0.25) is 10.0 Å². The first-order chi connectivity index (χ1) is 10.4. The molecule has 0 fully saturated rings. The Hall–Kier alpha value is -1.56. The number of nitrogens with one attached hydrogen (secondary N) is 1. The van der Waals surface area contributed by atoms with Crippen LogP contribution in [0.1, 0.15) is 11.1 Å². The number of aryl methyl sites for hydroxylation is 1. The maximum atomic E-state index is 12.3. The minimum absolute atomic E-state index is 0.217. The van der Waals surface area contributed by atoms with Gasteiger partial charge in [-0.3, -0.25) is 0 Å². The summed E-state index contributed by atoms with van der Waals surface area (Å²) in [7, 11) is -1.94. The van der Waals surface area contributed by atoms with Gasteiger partial charge in [0.15, 0.2) is 0 Å². The van der Waals surface area contributed by atoms with Gasteiger partial charge in [0.05, 0.1) is 12.0 Å². The number of para-hydroxylation sites is 1. The summed E-state index contributed by atoms with van der Waals surface area (Å²) >= 11 is 5.92. The fourth-order valence-corrected chi connectivity index (χ4v) is 3.33. The van der Waals surface area contributed by atoms with Gasteiger partial charge in [-0.2, -0.15) is 0 Å². The Morgan fingerprint density at radius 2 is 1.91 bits per heavy atom. The highest BCUT2D eigenvalue weighted by molar-refractivity contribution is 7.89. The van der Waals surface area contributed by atoms with Gasteiger partial charge < -0.3 is 4.74 Å². The molecule has 0 heterocycles. The molecular formula is C16H18ClNO3S. The maximum absolute atomic E-state index is 12.3. The monoisotopic (exact) mass is 339 g/mol. The van der Waals surface area contributed by atoms with Gasteiger partial charge in [0.1, 0.15) is 5.75 Å². The van der Waals surface area contributed by atoms with E-state index in [2.05, 4.69) is 4.72 Å². The average molecular weight is 340 g/mol. The second-order valence-electron chi connectivity index (χ2n) is 4.87. The smallest absolute Gasteiger partial charge is 0.240 e. The van der Waals surface area contributed by atoms with E-state index in [9.17, 15) is 8.42 Å². The van der Waals surface area contributed by atoms with E-state index < -0.39 is 10.0 Å². The fourth-order valence-electron chi connectivity index (χ4n) is 2.10. The summed E-state index contributed by atoms with van der Waals surface area (Å²) < 4.78 is 32.4. The molecule has 0 aliphatic carbocycles. The van der Waals surface area contributed by atoms with Crippen LogP contribution < -0.4 is 9.46 Å². The number of rotatable bonds is 6. The molecule has 4 nitrogen and oxygen atoms in total. The molecule has 22 heavy (non-hydrogen) atoms. The van der Waals surface area contributed by atoms with Crippen molar-refractivity contribution in [3.63, 3.8) is 0 Å². The second-order valence-corrected chi connectivity index (χ2v) is 7.04. The summed E-state index contributed by atoms with van der Waals surface area (Å²) in [5, 5.41) is 0.549. The van der Waals surface area contributed by atoms with Crippen LogP contribution in [0.25, 0.3) is 0 Å².